The molecule has 4 heteroatoms. The molecule has 1 atom stereocenters. The number of hydrogen-bond acceptors (Lipinski definition) is 3. The first-order valence-corrected chi connectivity index (χ1v) is 7.47. The van der Waals surface area contributed by atoms with Crippen molar-refractivity contribution in [1.29, 1.82) is 0 Å². The monoisotopic (exact) mass is 296 g/mol. The first kappa shape index (κ1) is 15.6. The van der Waals surface area contributed by atoms with Crippen LogP contribution >= 0.6 is 12.4 Å². The van der Waals surface area contributed by atoms with Crippen LogP contribution < -0.4 is 10.1 Å². The predicted octanol–water partition coefficient (Wildman–Crippen LogP) is 2.69. The van der Waals surface area contributed by atoms with Crippen molar-refractivity contribution in [1.82, 2.24) is 10.2 Å². The summed E-state index contributed by atoms with van der Waals surface area (Å²) in [7, 11) is 0. The Morgan fingerprint density at radius 2 is 2.00 bits per heavy atom. The number of ether oxygens (including phenoxy) is 1. The molecule has 0 aromatic heterocycles. The SMILES string of the molecule is C[C@H]1CN(Cc2ccc(OCC3CC3)cc2)CCN1.Cl. The summed E-state index contributed by atoms with van der Waals surface area (Å²) in [4.78, 5) is 2.52. The highest BCUT2D eigenvalue weighted by molar-refractivity contribution is 5.85. The molecule has 3 rings (SSSR count). The number of rotatable bonds is 5. The van der Waals surface area contributed by atoms with Crippen molar-refractivity contribution < 1.29 is 4.74 Å². The fraction of sp³-hybridized carbons (Fsp3) is 0.625. The van der Waals surface area contributed by atoms with E-state index in [0.29, 0.717) is 6.04 Å². The minimum atomic E-state index is 0. The highest BCUT2D eigenvalue weighted by atomic mass is 35.5. The van der Waals surface area contributed by atoms with E-state index in [9.17, 15) is 0 Å². The first-order chi connectivity index (χ1) is 9.29. The van der Waals surface area contributed by atoms with E-state index in [1.54, 1.807) is 0 Å². The first-order valence-electron chi connectivity index (χ1n) is 7.47. The molecular weight excluding hydrogens is 272 g/mol. The molecule has 1 aliphatic carbocycles. The second-order valence-corrected chi connectivity index (χ2v) is 5.99. The number of benzene rings is 1. The number of hydrogen-bond donors (Lipinski definition) is 1. The zero-order chi connectivity index (χ0) is 13.1. The Bertz CT molecular complexity index is 405. The highest BCUT2D eigenvalue weighted by Crippen LogP contribution is 2.29. The fourth-order valence-electron chi connectivity index (χ4n) is 2.60. The molecule has 1 aromatic rings. The topological polar surface area (TPSA) is 24.5 Å². The van der Waals surface area contributed by atoms with Gasteiger partial charge in [-0.05, 0) is 43.4 Å². The van der Waals surface area contributed by atoms with Crippen LogP contribution in [0.25, 0.3) is 0 Å². The van der Waals surface area contributed by atoms with Crippen LogP contribution in [0, 0.1) is 5.92 Å². The molecule has 0 bridgehead atoms. The van der Waals surface area contributed by atoms with Crippen molar-refractivity contribution in [3.63, 3.8) is 0 Å². The molecule has 1 N–H and O–H groups in total. The molecule has 2 fully saturated rings. The molecule has 20 heavy (non-hydrogen) atoms. The van der Waals surface area contributed by atoms with Crippen LogP contribution in [0.3, 0.4) is 0 Å². The number of nitrogens with one attached hydrogen (secondary N) is 1. The zero-order valence-electron chi connectivity index (χ0n) is 12.2. The van der Waals surface area contributed by atoms with Gasteiger partial charge in [-0.25, -0.2) is 0 Å². The summed E-state index contributed by atoms with van der Waals surface area (Å²) >= 11 is 0. The average molecular weight is 297 g/mol. The van der Waals surface area contributed by atoms with Gasteiger partial charge in [0.05, 0.1) is 6.61 Å². The molecule has 0 radical (unpaired) electrons. The fourth-order valence-corrected chi connectivity index (χ4v) is 2.60. The van der Waals surface area contributed by atoms with E-state index >= 15 is 0 Å². The van der Waals surface area contributed by atoms with E-state index in [2.05, 4.69) is 41.4 Å². The van der Waals surface area contributed by atoms with Gasteiger partial charge >= 0.3 is 0 Å². The molecule has 1 saturated carbocycles. The van der Waals surface area contributed by atoms with Gasteiger partial charge in [0.15, 0.2) is 0 Å². The van der Waals surface area contributed by atoms with E-state index in [0.717, 1.165) is 44.5 Å². The molecule has 1 aliphatic heterocycles. The predicted molar refractivity (Wildman–Crippen MR) is 84.7 cm³/mol. The Morgan fingerprint density at radius 1 is 1.25 bits per heavy atom. The molecule has 3 nitrogen and oxygen atoms in total. The Balaban J connectivity index is 0.00000147. The van der Waals surface area contributed by atoms with Crippen LogP contribution in [0.1, 0.15) is 25.3 Å². The van der Waals surface area contributed by atoms with Crippen LogP contribution in [0.5, 0.6) is 5.75 Å². The molecule has 1 aromatic carbocycles. The van der Waals surface area contributed by atoms with Gasteiger partial charge < -0.3 is 10.1 Å². The second-order valence-electron chi connectivity index (χ2n) is 5.99. The van der Waals surface area contributed by atoms with Gasteiger partial charge in [0.1, 0.15) is 5.75 Å². The van der Waals surface area contributed by atoms with Crippen molar-refractivity contribution in [2.24, 2.45) is 5.92 Å². The maximum atomic E-state index is 5.77. The number of halogens is 1. The van der Waals surface area contributed by atoms with Gasteiger partial charge in [-0.3, -0.25) is 4.90 Å². The standard InChI is InChI=1S/C16H24N2O.ClH/c1-13-10-18(9-8-17-13)11-14-4-6-16(7-5-14)19-12-15-2-3-15;/h4-7,13,15,17H,2-3,8-12H2,1H3;1H/t13-;/m0./s1. The summed E-state index contributed by atoms with van der Waals surface area (Å²) in [6.45, 7) is 7.58. The van der Waals surface area contributed by atoms with Crippen molar-refractivity contribution in [2.75, 3.05) is 26.2 Å². The van der Waals surface area contributed by atoms with Gasteiger partial charge in [0.25, 0.3) is 0 Å². The van der Waals surface area contributed by atoms with Gasteiger partial charge in [0, 0.05) is 32.2 Å². The van der Waals surface area contributed by atoms with Crippen molar-refractivity contribution in [3.8, 4) is 5.75 Å². The summed E-state index contributed by atoms with van der Waals surface area (Å²) in [5.74, 6) is 1.84. The van der Waals surface area contributed by atoms with Crippen LogP contribution in [-0.4, -0.2) is 37.2 Å². The molecule has 1 heterocycles. The van der Waals surface area contributed by atoms with Gasteiger partial charge in [0.2, 0.25) is 0 Å². The molecule has 112 valence electrons. The Hall–Kier alpha value is -0.770. The largest absolute Gasteiger partial charge is 0.493 e. The summed E-state index contributed by atoms with van der Waals surface area (Å²) in [5.41, 5.74) is 1.38. The minimum Gasteiger partial charge on any atom is -0.493 e. The van der Waals surface area contributed by atoms with E-state index in [1.807, 2.05) is 0 Å². The summed E-state index contributed by atoms with van der Waals surface area (Å²) < 4.78 is 5.77. The van der Waals surface area contributed by atoms with Crippen molar-refractivity contribution in [2.45, 2.75) is 32.4 Å². The van der Waals surface area contributed by atoms with Crippen molar-refractivity contribution in [3.05, 3.63) is 29.8 Å². The smallest absolute Gasteiger partial charge is 0.119 e. The summed E-state index contributed by atoms with van der Waals surface area (Å²) in [6.07, 6.45) is 2.69. The lowest BCUT2D eigenvalue weighted by molar-refractivity contribution is 0.199. The highest BCUT2D eigenvalue weighted by Gasteiger charge is 2.21. The van der Waals surface area contributed by atoms with E-state index in [4.69, 9.17) is 4.74 Å². The van der Waals surface area contributed by atoms with E-state index < -0.39 is 0 Å². The van der Waals surface area contributed by atoms with Gasteiger partial charge in [-0.2, -0.15) is 0 Å². The van der Waals surface area contributed by atoms with Crippen LogP contribution in [-0.2, 0) is 6.54 Å². The average Bonchev–Trinajstić information content (AvgIpc) is 3.22. The molecule has 0 amide bonds. The molecule has 1 saturated heterocycles. The maximum Gasteiger partial charge on any atom is 0.119 e. The molecule has 0 spiro atoms. The second kappa shape index (κ2) is 7.30. The van der Waals surface area contributed by atoms with Gasteiger partial charge in [-0.15, -0.1) is 12.4 Å². The normalized spacial score (nSPS) is 23.1. The van der Waals surface area contributed by atoms with Crippen molar-refractivity contribution >= 4 is 12.4 Å². The number of piperazine rings is 1. The van der Waals surface area contributed by atoms with Crippen LogP contribution in [0.15, 0.2) is 24.3 Å². The Morgan fingerprint density at radius 3 is 2.65 bits per heavy atom. The Labute approximate surface area is 128 Å². The van der Waals surface area contributed by atoms with Gasteiger partial charge in [-0.1, -0.05) is 12.1 Å². The quantitative estimate of drug-likeness (QED) is 0.904. The van der Waals surface area contributed by atoms with E-state index in [-0.39, 0.29) is 12.4 Å². The number of nitrogens with zero attached hydrogens (tertiary/aromatic N) is 1. The molecule has 0 unspecified atom stereocenters. The minimum absolute atomic E-state index is 0. The summed E-state index contributed by atoms with van der Waals surface area (Å²) in [6, 6.07) is 9.24. The Kier molecular flexibility index (Phi) is 5.70. The summed E-state index contributed by atoms with van der Waals surface area (Å²) in [5, 5.41) is 3.48. The third-order valence-corrected chi connectivity index (χ3v) is 3.97. The molecular formula is C16H25ClN2O. The lowest BCUT2D eigenvalue weighted by Crippen LogP contribution is -2.48. The lowest BCUT2D eigenvalue weighted by Gasteiger charge is -2.31. The van der Waals surface area contributed by atoms with E-state index in [1.165, 1.54) is 18.4 Å². The van der Waals surface area contributed by atoms with Crippen LogP contribution in [0.4, 0.5) is 0 Å². The third-order valence-electron chi connectivity index (χ3n) is 3.97. The molecule has 2 aliphatic rings. The van der Waals surface area contributed by atoms with Crippen LogP contribution in [0.2, 0.25) is 0 Å². The maximum absolute atomic E-state index is 5.77. The lowest BCUT2D eigenvalue weighted by atomic mass is 10.1. The third kappa shape index (κ3) is 4.65. The zero-order valence-corrected chi connectivity index (χ0v) is 13.0.